The van der Waals surface area contributed by atoms with E-state index in [2.05, 4.69) is 21.2 Å². The Morgan fingerprint density at radius 1 is 1.12 bits per heavy atom. The Labute approximate surface area is 241 Å². The third-order valence-electron chi connectivity index (χ3n) is 8.65. The second-order valence-corrected chi connectivity index (χ2v) is 12.8. The number of aliphatic carboxylic acids is 1. The number of likely N-dealkylation sites (tertiary alicyclic amines) is 3. The molecule has 2 amide bonds. The van der Waals surface area contributed by atoms with E-state index >= 15 is 0 Å². The van der Waals surface area contributed by atoms with Crippen LogP contribution >= 0.6 is 11.8 Å². The molecule has 0 aromatic heterocycles. The summed E-state index contributed by atoms with van der Waals surface area (Å²) in [7, 11) is 0. The maximum absolute atomic E-state index is 13.9. The van der Waals surface area contributed by atoms with Gasteiger partial charge in [-0.25, -0.2) is 0 Å². The Hall–Kier alpha value is -2.82. The van der Waals surface area contributed by atoms with Gasteiger partial charge in [0, 0.05) is 35.8 Å². The number of carbonyl (C=O) groups excluding carboxylic acids is 2. The number of nitrogens with one attached hydrogen (secondary N) is 1. The van der Waals surface area contributed by atoms with Crippen LogP contribution in [0, 0.1) is 11.3 Å². The third-order valence-corrected chi connectivity index (χ3v) is 9.85. The number of thioether (sulfide) groups is 1. The van der Waals surface area contributed by atoms with Gasteiger partial charge in [-0.15, -0.1) is 11.8 Å². The first-order chi connectivity index (χ1) is 19.5. The molecule has 3 atom stereocenters. The molecule has 4 fully saturated rings. The highest BCUT2D eigenvalue weighted by atomic mass is 32.2. The van der Waals surface area contributed by atoms with Crippen LogP contribution in [-0.4, -0.2) is 99.2 Å². The molecule has 1 aromatic rings. The molecule has 9 nitrogen and oxygen atoms in total. The van der Waals surface area contributed by atoms with Crippen molar-refractivity contribution in [3.63, 3.8) is 0 Å². The summed E-state index contributed by atoms with van der Waals surface area (Å²) in [6, 6.07) is 6.24. The minimum absolute atomic E-state index is 0.0979. The third kappa shape index (κ3) is 6.81. The van der Waals surface area contributed by atoms with Crippen molar-refractivity contribution >= 4 is 29.5 Å². The van der Waals surface area contributed by atoms with Crippen LogP contribution in [0.4, 0.5) is 13.2 Å². The van der Waals surface area contributed by atoms with E-state index in [1.807, 2.05) is 0 Å². The highest BCUT2D eigenvalue weighted by Crippen LogP contribution is 2.39. The molecule has 41 heavy (non-hydrogen) atoms. The Morgan fingerprint density at radius 3 is 2.44 bits per heavy atom. The summed E-state index contributed by atoms with van der Waals surface area (Å²) >= 11 is 1.24. The molecule has 3 aliphatic heterocycles. The number of piperidine rings is 1. The van der Waals surface area contributed by atoms with E-state index < -0.39 is 29.3 Å². The van der Waals surface area contributed by atoms with Gasteiger partial charge in [-0.05, 0) is 69.8 Å². The number of halogens is 3. The van der Waals surface area contributed by atoms with E-state index in [4.69, 9.17) is 5.11 Å². The zero-order valence-electron chi connectivity index (χ0n) is 22.6. The maximum atomic E-state index is 13.9. The van der Waals surface area contributed by atoms with Crippen molar-refractivity contribution in [3.05, 3.63) is 29.8 Å². The van der Waals surface area contributed by atoms with Crippen LogP contribution in [0.1, 0.15) is 50.5 Å². The van der Waals surface area contributed by atoms with E-state index in [-0.39, 0.29) is 48.5 Å². The van der Waals surface area contributed by atoms with Gasteiger partial charge in [0.2, 0.25) is 11.8 Å². The van der Waals surface area contributed by atoms with Crippen molar-refractivity contribution in [2.24, 2.45) is 0 Å². The lowest BCUT2D eigenvalue weighted by atomic mass is 9.93. The number of nitriles is 1. The average molecular weight is 594 g/mol. The predicted octanol–water partition coefficient (Wildman–Crippen LogP) is 2.95. The van der Waals surface area contributed by atoms with E-state index in [0.717, 1.165) is 44.6 Å². The molecule has 1 aliphatic carbocycles. The number of amides is 2. The minimum atomic E-state index is -4.47. The largest absolute Gasteiger partial charge is 0.481 e. The predicted molar refractivity (Wildman–Crippen MR) is 144 cm³/mol. The lowest BCUT2D eigenvalue weighted by Crippen LogP contribution is -2.63. The van der Waals surface area contributed by atoms with Crippen molar-refractivity contribution in [2.45, 2.75) is 84.9 Å². The fourth-order valence-corrected chi connectivity index (χ4v) is 7.30. The van der Waals surface area contributed by atoms with E-state index in [1.165, 1.54) is 17.8 Å². The van der Waals surface area contributed by atoms with Gasteiger partial charge in [-0.2, -0.15) is 18.4 Å². The first kappa shape index (κ1) is 29.7. The number of carboxylic acids is 1. The molecule has 0 bridgehead atoms. The van der Waals surface area contributed by atoms with Gasteiger partial charge in [0.05, 0.1) is 24.1 Å². The van der Waals surface area contributed by atoms with Crippen LogP contribution in [0.5, 0.6) is 0 Å². The molecule has 5 rings (SSSR count). The summed E-state index contributed by atoms with van der Waals surface area (Å²) in [5, 5.41) is 21.0. The van der Waals surface area contributed by atoms with Crippen molar-refractivity contribution in [2.75, 3.05) is 32.7 Å². The number of carbonyl (C=O) groups is 3. The number of hydrogen-bond donors (Lipinski definition) is 2. The second-order valence-electron chi connectivity index (χ2n) is 11.4. The van der Waals surface area contributed by atoms with Gasteiger partial charge in [-0.3, -0.25) is 19.3 Å². The summed E-state index contributed by atoms with van der Waals surface area (Å²) in [5.74, 6) is -1.36. The van der Waals surface area contributed by atoms with Crippen molar-refractivity contribution in [3.8, 4) is 6.07 Å². The summed E-state index contributed by atoms with van der Waals surface area (Å²) in [6.45, 7) is 3.02. The summed E-state index contributed by atoms with van der Waals surface area (Å²) in [6.07, 6.45) is -0.656. The van der Waals surface area contributed by atoms with Crippen molar-refractivity contribution in [1.29, 1.82) is 5.26 Å². The molecule has 3 saturated heterocycles. The molecule has 0 spiro atoms. The molecule has 13 heteroatoms. The molecule has 0 radical (unpaired) electrons. The topological polar surface area (TPSA) is 117 Å². The quantitative estimate of drug-likeness (QED) is 0.449. The number of alkyl halides is 3. The van der Waals surface area contributed by atoms with E-state index in [9.17, 15) is 32.8 Å². The van der Waals surface area contributed by atoms with Crippen LogP contribution in [0.25, 0.3) is 0 Å². The lowest BCUT2D eigenvalue weighted by molar-refractivity contribution is -0.149. The first-order valence-electron chi connectivity index (χ1n) is 14.1. The SMILES string of the molecule is N#CC1(NC(=O)[C@@H]2C[C@@H](Sc3cccc(C(F)(F)F)c3)CN2C(=O)C2CCN2C2CCN(CCC(=O)O)CC2)CC1. The Morgan fingerprint density at radius 2 is 1.85 bits per heavy atom. The van der Waals surface area contributed by atoms with Gasteiger partial charge in [0.25, 0.3) is 0 Å². The normalized spacial score (nSPS) is 26.7. The summed E-state index contributed by atoms with van der Waals surface area (Å²) in [5.41, 5.74) is -1.64. The Bertz CT molecular complexity index is 1210. The van der Waals surface area contributed by atoms with Crippen LogP contribution < -0.4 is 5.32 Å². The summed E-state index contributed by atoms with van der Waals surface area (Å²) < 4.78 is 39.8. The van der Waals surface area contributed by atoms with Gasteiger partial charge >= 0.3 is 12.1 Å². The molecule has 2 N–H and O–H groups in total. The molecule has 4 aliphatic rings. The monoisotopic (exact) mass is 593 g/mol. The summed E-state index contributed by atoms with van der Waals surface area (Å²) in [4.78, 5) is 44.4. The van der Waals surface area contributed by atoms with Gasteiger partial charge < -0.3 is 20.2 Å². The van der Waals surface area contributed by atoms with Gasteiger partial charge in [0.15, 0.2) is 0 Å². The fourth-order valence-electron chi connectivity index (χ4n) is 6.05. The zero-order valence-corrected chi connectivity index (χ0v) is 23.4. The molecule has 1 saturated carbocycles. The van der Waals surface area contributed by atoms with E-state index in [1.54, 1.807) is 11.0 Å². The molecule has 3 heterocycles. The molecule has 1 unspecified atom stereocenters. The van der Waals surface area contributed by atoms with E-state index in [0.29, 0.717) is 30.7 Å². The first-order valence-corrected chi connectivity index (χ1v) is 14.9. The minimum Gasteiger partial charge on any atom is -0.481 e. The molecule has 222 valence electrons. The van der Waals surface area contributed by atoms with Gasteiger partial charge in [0.1, 0.15) is 11.6 Å². The average Bonchev–Trinajstić information content (AvgIpc) is 3.55. The number of rotatable bonds is 9. The Balaban J connectivity index is 1.26. The Kier molecular flexibility index (Phi) is 8.55. The van der Waals surface area contributed by atoms with Crippen molar-refractivity contribution in [1.82, 2.24) is 20.0 Å². The molecular weight excluding hydrogens is 559 g/mol. The van der Waals surface area contributed by atoms with Crippen LogP contribution in [0.3, 0.4) is 0 Å². The van der Waals surface area contributed by atoms with Crippen LogP contribution in [0.15, 0.2) is 29.2 Å². The number of nitrogens with zero attached hydrogens (tertiary/aromatic N) is 4. The van der Waals surface area contributed by atoms with Crippen LogP contribution in [-0.2, 0) is 20.6 Å². The smallest absolute Gasteiger partial charge is 0.416 e. The zero-order chi connectivity index (χ0) is 29.4. The second kappa shape index (κ2) is 11.8. The fraction of sp³-hybridized carbons (Fsp3) is 0.643. The number of benzene rings is 1. The van der Waals surface area contributed by atoms with Crippen LogP contribution in [0.2, 0.25) is 0 Å². The number of hydrogen-bond acceptors (Lipinski definition) is 7. The molecular formula is C28H34F3N5O4S. The maximum Gasteiger partial charge on any atom is 0.416 e. The molecule has 1 aromatic carbocycles. The number of carboxylic acid groups (broad SMARTS) is 1. The highest BCUT2D eigenvalue weighted by molar-refractivity contribution is 8.00. The van der Waals surface area contributed by atoms with Gasteiger partial charge in [-0.1, -0.05) is 6.07 Å². The standard InChI is InChI=1S/C28H34F3N5O4S/c29-28(30,31)18-2-1-3-20(14-18)41-21-15-23(25(39)33-27(17-32)8-9-27)36(16-21)26(40)22-6-13-35(22)19-4-10-34(11-5-19)12-7-24(37)38/h1-3,14,19,21-23H,4-13,15-16H2,(H,33,39)(H,37,38)/t21-,22?,23+/m1/s1. The van der Waals surface area contributed by atoms with Crippen molar-refractivity contribution < 1.29 is 32.7 Å². The highest BCUT2D eigenvalue weighted by Gasteiger charge is 2.50. The lowest BCUT2D eigenvalue weighted by Gasteiger charge is -2.49.